The van der Waals surface area contributed by atoms with E-state index in [1.807, 2.05) is 0 Å². The lowest BCUT2D eigenvalue weighted by Gasteiger charge is -2.07. The summed E-state index contributed by atoms with van der Waals surface area (Å²) in [5, 5.41) is 0.914. The standard InChI is InChI=1S/C9H6F3N3O/c10-9(11,12)14-8(16)6-5-13-7-3-1-2-4-15(6)7/h1-5H,(H,14,16). The minimum Gasteiger partial charge on any atom is -0.295 e. The molecule has 2 aromatic heterocycles. The van der Waals surface area contributed by atoms with Crippen LogP contribution in [0.4, 0.5) is 13.2 Å². The highest BCUT2D eigenvalue weighted by molar-refractivity contribution is 5.93. The minimum absolute atomic E-state index is 0.159. The third-order valence-corrected chi connectivity index (χ3v) is 1.90. The molecular formula is C9H6F3N3O. The Morgan fingerprint density at radius 1 is 1.38 bits per heavy atom. The van der Waals surface area contributed by atoms with E-state index in [2.05, 4.69) is 4.98 Å². The first-order chi connectivity index (χ1) is 7.47. The first-order valence-electron chi connectivity index (χ1n) is 4.29. The molecule has 2 rings (SSSR count). The molecule has 2 aromatic rings. The van der Waals surface area contributed by atoms with Gasteiger partial charge in [-0.05, 0) is 12.1 Å². The Morgan fingerprint density at radius 3 is 2.81 bits per heavy atom. The molecule has 7 heteroatoms. The van der Waals surface area contributed by atoms with Crippen LogP contribution in [0.15, 0.2) is 30.6 Å². The molecule has 0 bridgehead atoms. The van der Waals surface area contributed by atoms with Gasteiger partial charge < -0.3 is 0 Å². The lowest BCUT2D eigenvalue weighted by Crippen LogP contribution is -2.37. The summed E-state index contributed by atoms with van der Waals surface area (Å²) >= 11 is 0. The zero-order valence-electron chi connectivity index (χ0n) is 7.82. The normalized spacial score (nSPS) is 11.7. The number of alkyl halides is 3. The zero-order valence-corrected chi connectivity index (χ0v) is 7.82. The zero-order chi connectivity index (χ0) is 11.8. The summed E-state index contributed by atoms with van der Waals surface area (Å²) in [5.74, 6) is -1.23. The van der Waals surface area contributed by atoms with Crippen LogP contribution in [0.5, 0.6) is 0 Å². The van der Waals surface area contributed by atoms with Crippen LogP contribution < -0.4 is 5.32 Å². The number of hydrogen-bond acceptors (Lipinski definition) is 2. The molecule has 0 radical (unpaired) electrons. The van der Waals surface area contributed by atoms with Crippen molar-refractivity contribution in [1.29, 1.82) is 0 Å². The number of amides is 1. The molecule has 0 aliphatic carbocycles. The van der Waals surface area contributed by atoms with Gasteiger partial charge in [0, 0.05) is 6.20 Å². The molecule has 2 heterocycles. The highest BCUT2D eigenvalue weighted by Gasteiger charge is 2.31. The summed E-state index contributed by atoms with van der Waals surface area (Å²) in [7, 11) is 0. The number of halogens is 3. The summed E-state index contributed by atoms with van der Waals surface area (Å²) < 4.78 is 37.1. The predicted molar refractivity (Wildman–Crippen MR) is 48.7 cm³/mol. The average Bonchev–Trinajstić information content (AvgIpc) is 2.58. The summed E-state index contributed by atoms with van der Waals surface area (Å²) in [5.41, 5.74) is 0.253. The van der Waals surface area contributed by atoms with Gasteiger partial charge >= 0.3 is 6.30 Å². The van der Waals surface area contributed by atoms with Crippen LogP contribution >= 0.6 is 0 Å². The number of nitrogens with one attached hydrogen (secondary N) is 1. The van der Waals surface area contributed by atoms with Gasteiger partial charge in [0.05, 0.1) is 6.20 Å². The second-order valence-electron chi connectivity index (χ2n) is 3.02. The summed E-state index contributed by atoms with van der Waals surface area (Å²) in [6, 6.07) is 4.86. The first kappa shape index (κ1) is 10.5. The van der Waals surface area contributed by atoms with Crippen LogP contribution in [0, 0.1) is 0 Å². The largest absolute Gasteiger partial charge is 0.484 e. The molecule has 4 nitrogen and oxygen atoms in total. The van der Waals surface area contributed by atoms with E-state index < -0.39 is 12.2 Å². The van der Waals surface area contributed by atoms with Crippen LogP contribution in [-0.2, 0) is 0 Å². The fourth-order valence-corrected chi connectivity index (χ4v) is 1.29. The fourth-order valence-electron chi connectivity index (χ4n) is 1.29. The van der Waals surface area contributed by atoms with E-state index in [0.717, 1.165) is 11.5 Å². The van der Waals surface area contributed by atoms with Gasteiger partial charge in [-0.3, -0.25) is 14.5 Å². The van der Waals surface area contributed by atoms with Crippen molar-refractivity contribution >= 4 is 11.6 Å². The molecule has 0 saturated carbocycles. The Hall–Kier alpha value is -2.05. The van der Waals surface area contributed by atoms with E-state index in [-0.39, 0.29) is 5.69 Å². The highest BCUT2D eigenvalue weighted by atomic mass is 19.4. The summed E-state index contributed by atoms with van der Waals surface area (Å²) in [6.45, 7) is 0. The lowest BCUT2D eigenvalue weighted by molar-refractivity contribution is -0.146. The molecule has 84 valence electrons. The first-order valence-corrected chi connectivity index (χ1v) is 4.29. The number of carbonyl (C=O) groups excluding carboxylic acids is 1. The van der Waals surface area contributed by atoms with Gasteiger partial charge in [-0.1, -0.05) is 6.07 Å². The molecular weight excluding hydrogens is 223 g/mol. The fraction of sp³-hybridized carbons (Fsp3) is 0.111. The van der Waals surface area contributed by atoms with E-state index in [0.29, 0.717) is 5.65 Å². The number of imidazole rings is 1. The SMILES string of the molecule is O=C(NC(F)(F)F)c1cnc2ccccn12. The van der Waals surface area contributed by atoms with Gasteiger partial charge in [0.1, 0.15) is 11.3 Å². The number of rotatable bonds is 1. The number of aromatic nitrogens is 2. The van der Waals surface area contributed by atoms with Gasteiger partial charge in [-0.2, -0.15) is 13.2 Å². The Kier molecular flexibility index (Phi) is 2.30. The minimum atomic E-state index is -4.74. The van der Waals surface area contributed by atoms with E-state index in [4.69, 9.17) is 0 Å². The monoisotopic (exact) mass is 229 g/mol. The van der Waals surface area contributed by atoms with Crippen LogP contribution in [-0.4, -0.2) is 21.6 Å². The summed E-state index contributed by atoms with van der Waals surface area (Å²) in [6.07, 6.45) is -2.18. The topological polar surface area (TPSA) is 46.4 Å². The van der Waals surface area contributed by atoms with Crippen molar-refractivity contribution in [2.24, 2.45) is 0 Å². The third kappa shape index (κ3) is 1.97. The molecule has 0 aliphatic heterocycles. The molecule has 0 unspecified atom stereocenters. The van der Waals surface area contributed by atoms with Gasteiger partial charge in [0.25, 0.3) is 5.91 Å². The van der Waals surface area contributed by atoms with E-state index in [1.165, 1.54) is 10.6 Å². The molecule has 16 heavy (non-hydrogen) atoms. The maximum atomic E-state index is 11.9. The van der Waals surface area contributed by atoms with Crippen LogP contribution in [0.3, 0.4) is 0 Å². The molecule has 0 fully saturated rings. The number of fused-ring (bicyclic) bond motifs is 1. The molecule has 1 amide bonds. The Morgan fingerprint density at radius 2 is 2.12 bits per heavy atom. The van der Waals surface area contributed by atoms with Gasteiger partial charge in [0.2, 0.25) is 0 Å². The number of carbonyl (C=O) groups is 1. The second-order valence-corrected chi connectivity index (χ2v) is 3.02. The predicted octanol–water partition coefficient (Wildman–Crippen LogP) is 1.58. The van der Waals surface area contributed by atoms with Crippen molar-refractivity contribution in [2.75, 3.05) is 0 Å². The van der Waals surface area contributed by atoms with Crippen molar-refractivity contribution in [3.05, 3.63) is 36.3 Å². The quantitative estimate of drug-likeness (QED) is 0.754. The van der Waals surface area contributed by atoms with Gasteiger partial charge in [-0.15, -0.1) is 0 Å². The highest BCUT2D eigenvalue weighted by Crippen LogP contribution is 2.12. The second kappa shape index (κ2) is 3.51. The smallest absolute Gasteiger partial charge is 0.295 e. The molecule has 0 aliphatic rings. The van der Waals surface area contributed by atoms with Crippen molar-refractivity contribution in [2.45, 2.75) is 6.30 Å². The maximum absolute atomic E-state index is 11.9. The third-order valence-electron chi connectivity index (χ3n) is 1.90. The number of nitrogens with zero attached hydrogens (tertiary/aromatic N) is 2. The summed E-state index contributed by atoms with van der Waals surface area (Å²) in [4.78, 5) is 15.0. The van der Waals surface area contributed by atoms with Crippen LogP contribution in [0.1, 0.15) is 10.5 Å². The lowest BCUT2D eigenvalue weighted by atomic mass is 10.4. The van der Waals surface area contributed by atoms with Crippen molar-refractivity contribution in [3.8, 4) is 0 Å². The number of pyridine rings is 1. The van der Waals surface area contributed by atoms with Crippen LogP contribution in [0.25, 0.3) is 5.65 Å². The average molecular weight is 229 g/mol. The van der Waals surface area contributed by atoms with Crippen molar-refractivity contribution in [1.82, 2.24) is 14.7 Å². The van der Waals surface area contributed by atoms with Gasteiger partial charge in [-0.25, -0.2) is 4.98 Å². The van der Waals surface area contributed by atoms with Crippen LogP contribution in [0.2, 0.25) is 0 Å². The Labute approximate surface area is 87.7 Å². The van der Waals surface area contributed by atoms with E-state index in [9.17, 15) is 18.0 Å². The Balaban J connectivity index is 2.37. The van der Waals surface area contributed by atoms with Crippen molar-refractivity contribution in [3.63, 3.8) is 0 Å². The van der Waals surface area contributed by atoms with Crippen molar-refractivity contribution < 1.29 is 18.0 Å². The molecule has 0 spiro atoms. The molecule has 0 atom stereocenters. The molecule has 0 aromatic carbocycles. The van der Waals surface area contributed by atoms with E-state index >= 15 is 0 Å². The molecule has 1 N–H and O–H groups in total. The maximum Gasteiger partial charge on any atom is 0.484 e. The Bertz CT molecular complexity index is 532. The van der Waals surface area contributed by atoms with E-state index in [1.54, 1.807) is 18.2 Å². The number of hydrogen-bond donors (Lipinski definition) is 1. The molecule has 0 saturated heterocycles. The van der Waals surface area contributed by atoms with Gasteiger partial charge in [0.15, 0.2) is 0 Å².